The second kappa shape index (κ2) is 8.56. The number of hydrogen-bond acceptors (Lipinski definition) is 4. The summed E-state index contributed by atoms with van der Waals surface area (Å²) in [5.74, 6) is -0.277. The number of benzene rings is 2. The molecule has 1 aromatic heterocycles. The zero-order valence-corrected chi connectivity index (χ0v) is 16.6. The van der Waals surface area contributed by atoms with Gasteiger partial charge in [0.25, 0.3) is 5.91 Å². The van der Waals surface area contributed by atoms with Crippen molar-refractivity contribution in [3.05, 3.63) is 78.6 Å². The normalized spacial score (nSPS) is 10.9. The molecule has 6 nitrogen and oxygen atoms in total. The zero-order chi connectivity index (χ0) is 20.9. The quantitative estimate of drug-likeness (QED) is 0.630. The summed E-state index contributed by atoms with van der Waals surface area (Å²) in [6.07, 6.45) is 2.90. The Bertz CT molecular complexity index is 994. The van der Waals surface area contributed by atoms with E-state index in [0.29, 0.717) is 16.9 Å². The highest BCUT2D eigenvalue weighted by molar-refractivity contribution is 6.07. The van der Waals surface area contributed by atoms with E-state index >= 15 is 0 Å². The average Bonchev–Trinajstić information content (AvgIpc) is 2.69. The molecule has 1 heterocycles. The molecule has 2 N–H and O–H groups in total. The summed E-state index contributed by atoms with van der Waals surface area (Å²) < 4.78 is 5.27. The Morgan fingerprint density at radius 3 is 2.07 bits per heavy atom. The maximum atomic E-state index is 12.7. The number of ether oxygens (including phenoxy) is 1. The Morgan fingerprint density at radius 1 is 0.828 bits per heavy atom. The Hall–Kier alpha value is -3.67. The van der Waals surface area contributed by atoms with Gasteiger partial charge in [-0.1, -0.05) is 30.3 Å². The van der Waals surface area contributed by atoms with E-state index in [1.54, 1.807) is 69.6 Å². The lowest BCUT2D eigenvalue weighted by Crippen LogP contribution is -2.27. The van der Waals surface area contributed by atoms with Gasteiger partial charge < -0.3 is 10.1 Å². The van der Waals surface area contributed by atoms with Crippen molar-refractivity contribution in [2.45, 2.75) is 26.4 Å². The van der Waals surface area contributed by atoms with E-state index in [-0.39, 0.29) is 5.91 Å². The van der Waals surface area contributed by atoms with Gasteiger partial charge in [-0.25, -0.2) is 4.79 Å². The summed E-state index contributed by atoms with van der Waals surface area (Å²) in [6.45, 7) is 5.36. The van der Waals surface area contributed by atoms with Crippen LogP contribution in [0.3, 0.4) is 0 Å². The van der Waals surface area contributed by atoms with Crippen molar-refractivity contribution in [2.24, 2.45) is 0 Å². The summed E-state index contributed by atoms with van der Waals surface area (Å²) in [6, 6.07) is 18.0. The molecule has 0 aliphatic rings. The Balaban J connectivity index is 1.72. The van der Waals surface area contributed by atoms with Crippen molar-refractivity contribution in [1.29, 1.82) is 0 Å². The molecule has 2 aromatic carbocycles. The summed E-state index contributed by atoms with van der Waals surface area (Å²) >= 11 is 0. The molecule has 0 fully saturated rings. The number of anilines is 2. The number of rotatable bonds is 4. The first-order valence-electron chi connectivity index (χ1n) is 9.23. The van der Waals surface area contributed by atoms with E-state index in [1.807, 2.05) is 24.3 Å². The molecule has 0 saturated carbocycles. The molecule has 0 spiro atoms. The number of nitrogens with zero attached hydrogens (tertiary/aromatic N) is 1. The summed E-state index contributed by atoms with van der Waals surface area (Å²) in [4.78, 5) is 28.8. The van der Waals surface area contributed by atoms with Crippen LogP contribution >= 0.6 is 0 Å². The molecule has 0 unspecified atom stereocenters. The molecule has 6 heteroatoms. The molecule has 0 bridgehead atoms. The maximum absolute atomic E-state index is 12.7. The topological polar surface area (TPSA) is 80.3 Å². The Kier molecular flexibility index (Phi) is 5.93. The Morgan fingerprint density at radius 2 is 1.48 bits per heavy atom. The largest absolute Gasteiger partial charge is 0.444 e. The summed E-state index contributed by atoms with van der Waals surface area (Å²) in [7, 11) is 0. The van der Waals surface area contributed by atoms with Crippen LogP contribution in [0.15, 0.2) is 73.1 Å². The minimum Gasteiger partial charge on any atom is -0.444 e. The number of carbonyl (C=O) groups is 2. The van der Waals surface area contributed by atoms with Crippen molar-refractivity contribution in [2.75, 3.05) is 10.6 Å². The third kappa shape index (κ3) is 5.65. The average molecular weight is 389 g/mol. The van der Waals surface area contributed by atoms with Gasteiger partial charge in [-0.3, -0.25) is 15.1 Å². The standard InChI is InChI=1S/C23H23N3O3/c1-23(2,3)29-22(28)26-20-9-5-4-8-19(20)25-21(27)17-12-10-16(11-13-17)18-7-6-14-24-15-18/h4-15H,1-3H3,(H,25,27)(H,26,28). The fraction of sp³-hybridized carbons (Fsp3) is 0.174. The predicted octanol–water partition coefficient (Wildman–Crippen LogP) is 5.35. The van der Waals surface area contributed by atoms with Crippen LogP contribution in [0.4, 0.5) is 16.2 Å². The monoisotopic (exact) mass is 389 g/mol. The minimum absolute atomic E-state index is 0.277. The lowest BCUT2D eigenvalue weighted by atomic mass is 10.1. The van der Waals surface area contributed by atoms with E-state index < -0.39 is 11.7 Å². The molecule has 0 radical (unpaired) electrons. The van der Waals surface area contributed by atoms with Crippen molar-refractivity contribution in [3.63, 3.8) is 0 Å². The van der Waals surface area contributed by atoms with Gasteiger partial charge in [0.15, 0.2) is 0 Å². The molecular weight excluding hydrogens is 366 g/mol. The SMILES string of the molecule is CC(C)(C)OC(=O)Nc1ccccc1NC(=O)c1ccc(-c2cccnc2)cc1. The van der Waals surface area contributed by atoms with Gasteiger partial charge in [0.2, 0.25) is 0 Å². The third-order valence-electron chi connectivity index (χ3n) is 3.95. The van der Waals surface area contributed by atoms with Gasteiger partial charge in [0.05, 0.1) is 11.4 Å². The molecule has 0 saturated heterocycles. The second-order valence-corrected chi connectivity index (χ2v) is 7.45. The molecule has 29 heavy (non-hydrogen) atoms. The van der Waals surface area contributed by atoms with Crippen molar-refractivity contribution in [3.8, 4) is 11.1 Å². The van der Waals surface area contributed by atoms with Gasteiger partial charge in [0, 0.05) is 18.0 Å². The van der Waals surface area contributed by atoms with Gasteiger partial charge in [0.1, 0.15) is 5.60 Å². The number of hydrogen-bond donors (Lipinski definition) is 2. The third-order valence-corrected chi connectivity index (χ3v) is 3.95. The molecule has 148 valence electrons. The number of nitrogens with one attached hydrogen (secondary N) is 2. The molecule has 3 aromatic rings. The van der Waals surface area contributed by atoms with Gasteiger partial charge >= 0.3 is 6.09 Å². The summed E-state index contributed by atoms with van der Waals surface area (Å²) in [5, 5.41) is 5.50. The molecule has 2 amide bonds. The number of para-hydroxylation sites is 2. The van der Waals surface area contributed by atoms with Crippen LogP contribution < -0.4 is 10.6 Å². The molecule has 3 rings (SSSR count). The van der Waals surface area contributed by atoms with E-state index in [1.165, 1.54) is 0 Å². The van der Waals surface area contributed by atoms with Crippen LogP contribution in [-0.2, 0) is 4.74 Å². The van der Waals surface area contributed by atoms with Crippen molar-refractivity contribution in [1.82, 2.24) is 4.98 Å². The first-order valence-corrected chi connectivity index (χ1v) is 9.23. The van der Waals surface area contributed by atoms with Gasteiger partial charge in [-0.05, 0) is 62.2 Å². The molecule has 0 aliphatic carbocycles. The number of aromatic nitrogens is 1. The van der Waals surface area contributed by atoms with Gasteiger partial charge in [-0.15, -0.1) is 0 Å². The lowest BCUT2D eigenvalue weighted by molar-refractivity contribution is 0.0635. The number of pyridine rings is 1. The highest BCUT2D eigenvalue weighted by Crippen LogP contribution is 2.24. The van der Waals surface area contributed by atoms with Gasteiger partial charge in [-0.2, -0.15) is 0 Å². The molecule has 0 aliphatic heterocycles. The maximum Gasteiger partial charge on any atom is 0.412 e. The Labute approximate surface area is 169 Å². The molecular formula is C23H23N3O3. The van der Waals surface area contributed by atoms with E-state index in [2.05, 4.69) is 15.6 Å². The first kappa shape index (κ1) is 20.1. The first-order chi connectivity index (χ1) is 13.8. The predicted molar refractivity (Wildman–Crippen MR) is 114 cm³/mol. The minimum atomic E-state index is -0.613. The van der Waals surface area contributed by atoms with Crippen LogP contribution in [0.25, 0.3) is 11.1 Å². The molecule has 0 atom stereocenters. The van der Waals surface area contributed by atoms with Crippen molar-refractivity contribution < 1.29 is 14.3 Å². The highest BCUT2D eigenvalue weighted by atomic mass is 16.6. The summed E-state index contributed by atoms with van der Waals surface area (Å²) in [5.41, 5.74) is 2.79. The van der Waals surface area contributed by atoms with Crippen LogP contribution in [0.1, 0.15) is 31.1 Å². The smallest absolute Gasteiger partial charge is 0.412 e. The highest BCUT2D eigenvalue weighted by Gasteiger charge is 2.17. The van der Waals surface area contributed by atoms with E-state index in [9.17, 15) is 9.59 Å². The second-order valence-electron chi connectivity index (χ2n) is 7.45. The van der Waals surface area contributed by atoms with Crippen LogP contribution in [-0.4, -0.2) is 22.6 Å². The fourth-order valence-corrected chi connectivity index (χ4v) is 2.66. The van der Waals surface area contributed by atoms with Crippen LogP contribution in [0.2, 0.25) is 0 Å². The number of amides is 2. The zero-order valence-electron chi connectivity index (χ0n) is 16.6. The van der Waals surface area contributed by atoms with Crippen molar-refractivity contribution >= 4 is 23.4 Å². The van der Waals surface area contributed by atoms with Crippen LogP contribution in [0.5, 0.6) is 0 Å². The number of carbonyl (C=O) groups excluding carboxylic acids is 2. The fourth-order valence-electron chi connectivity index (χ4n) is 2.66. The van der Waals surface area contributed by atoms with E-state index in [0.717, 1.165) is 11.1 Å². The lowest BCUT2D eigenvalue weighted by Gasteiger charge is -2.20. The van der Waals surface area contributed by atoms with E-state index in [4.69, 9.17) is 4.74 Å². The van der Waals surface area contributed by atoms with Crippen LogP contribution in [0, 0.1) is 0 Å².